The first-order chi connectivity index (χ1) is 22.6. The summed E-state index contributed by atoms with van der Waals surface area (Å²) in [5, 5.41) is 11.7. The minimum atomic E-state index is -0.322. The van der Waals surface area contributed by atoms with Crippen LogP contribution in [0.5, 0.6) is 0 Å². The van der Waals surface area contributed by atoms with E-state index in [2.05, 4.69) is 58.4 Å². The largest absolute Gasteiger partial charge is 0.331 e. The first kappa shape index (κ1) is 30.6. The predicted molar refractivity (Wildman–Crippen MR) is 185 cm³/mol. The summed E-state index contributed by atoms with van der Waals surface area (Å²) < 4.78 is 1.78. The number of hydrogen-bond donors (Lipinski definition) is 2. The molecule has 3 amide bonds. The topological polar surface area (TPSA) is 105 Å². The highest BCUT2D eigenvalue weighted by Crippen LogP contribution is 2.41. The molecule has 0 saturated carbocycles. The quantitative estimate of drug-likeness (QED) is 0.201. The van der Waals surface area contributed by atoms with E-state index in [1.165, 1.54) is 5.56 Å². The van der Waals surface area contributed by atoms with Crippen molar-refractivity contribution in [3.8, 4) is 5.69 Å². The van der Waals surface area contributed by atoms with Crippen LogP contribution in [0.4, 0.5) is 16.3 Å². The number of urea groups is 1. The summed E-state index contributed by atoms with van der Waals surface area (Å²) in [6.07, 6.45) is 8.51. The van der Waals surface area contributed by atoms with E-state index in [0.29, 0.717) is 17.4 Å². The Morgan fingerprint density at radius 1 is 0.894 bits per heavy atom. The Kier molecular flexibility index (Phi) is 7.99. The van der Waals surface area contributed by atoms with Gasteiger partial charge in [-0.05, 0) is 93.0 Å². The Morgan fingerprint density at radius 2 is 1.62 bits per heavy atom. The number of piperidine rings is 1. The molecule has 0 radical (unpaired) electrons. The van der Waals surface area contributed by atoms with Crippen molar-refractivity contribution >= 4 is 34.3 Å². The van der Waals surface area contributed by atoms with Gasteiger partial charge in [-0.15, -0.1) is 0 Å². The summed E-state index contributed by atoms with van der Waals surface area (Å²) in [7, 11) is 0. The molecule has 5 aromatic rings. The molecule has 240 valence electrons. The lowest BCUT2D eigenvalue weighted by atomic mass is 9.85. The number of nitrogens with one attached hydrogen (secondary N) is 2. The van der Waals surface area contributed by atoms with Gasteiger partial charge < -0.3 is 10.2 Å². The van der Waals surface area contributed by atoms with Crippen LogP contribution in [0, 0.1) is 12.8 Å². The minimum Gasteiger partial charge on any atom is -0.331 e. The Bertz CT molecular complexity index is 1910. The van der Waals surface area contributed by atoms with Crippen LogP contribution >= 0.6 is 0 Å². The van der Waals surface area contributed by atoms with E-state index >= 15 is 0 Å². The van der Waals surface area contributed by atoms with Crippen molar-refractivity contribution in [1.29, 1.82) is 0 Å². The molecule has 2 N–H and O–H groups in total. The summed E-state index contributed by atoms with van der Waals surface area (Å²) in [6, 6.07) is 23.9. The summed E-state index contributed by atoms with van der Waals surface area (Å²) in [4.78, 5) is 37.6. The normalized spacial score (nSPS) is 19.1. The SMILES string of the molecule is Cc1ccc(-n2nc(C(C)(C)C)cc2NC(=O)Nc2ccc(CC3CC4CCC(C3)N4C(=O)c3ccc4cnccc4n3)cc2)cc1. The molecule has 2 aliphatic heterocycles. The van der Waals surface area contributed by atoms with E-state index in [-0.39, 0.29) is 29.4 Å². The molecule has 47 heavy (non-hydrogen) atoms. The van der Waals surface area contributed by atoms with E-state index in [1.807, 2.05) is 67.6 Å². The van der Waals surface area contributed by atoms with E-state index in [1.54, 1.807) is 17.1 Å². The number of hydrogen-bond acceptors (Lipinski definition) is 5. The highest BCUT2D eigenvalue weighted by atomic mass is 16.2. The maximum atomic E-state index is 13.6. The number of benzene rings is 2. The molecule has 7 rings (SSSR count). The zero-order chi connectivity index (χ0) is 32.7. The van der Waals surface area contributed by atoms with Crippen LogP contribution in [0.2, 0.25) is 0 Å². The van der Waals surface area contributed by atoms with Gasteiger partial charge in [0.2, 0.25) is 0 Å². The van der Waals surface area contributed by atoms with Gasteiger partial charge in [-0.25, -0.2) is 14.5 Å². The molecular formula is C38H41N7O2. The van der Waals surface area contributed by atoms with Crippen molar-refractivity contribution in [2.75, 3.05) is 10.6 Å². The molecular weight excluding hydrogens is 586 g/mol. The Balaban J connectivity index is 0.971. The molecule has 2 aliphatic rings. The first-order valence-electron chi connectivity index (χ1n) is 16.5. The van der Waals surface area contributed by atoms with Gasteiger partial charge in [-0.2, -0.15) is 5.10 Å². The second-order valence-electron chi connectivity index (χ2n) is 14.1. The highest BCUT2D eigenvalue weighted by molar-refractivity contribution is 5.99. The number of fused-ring (bicyclic) bond motifs is 3. The molecule has 3 aromatic heterocycles. The van der Waals surface area contributed by atoms with Gasteiger partial charge >= 0.3 is 6.03 Å². The van der Waals surface area contributed by atoms with Gasteiger partial charge in [-0.3, -0.25) is 15.1 Å². The summed E-state index contributed by atoms with van der Waals surface area (Å²) in [5.74, 6) is 1.16. The third kappa shape index (κ3) is 6.48. The van der Waals surface area contributed by atoms with Crippen LogP contribution in [-0.2, 0) is 11.8 Å². The fraction of sp³-hybridized carbons (Fsp3) is 0.342. The number of anilines is 2. The van der Waals surface area contributed by atoms with Gasteiger partial charge in [0.1, 0.15) is 11.5 Å². The molecule has 9 heteroatoms. The Hall–Kier alpha value is -5.05. The number of nitrogens with zero attached hydrogens (tertiary/aromatic N) is 5. The average molecular weight is 628 g/mol. The number of aromatic nitrogens is 4. The second-order valence-corrected chi connectivity index (χ2v) is 14.1. The Morgan fingerprint density at radius 3 is 2.32 bits per heavy atom. The number of carbonyl (C=O) groups is 2. The van der Waals surface area contributed by atoms with Gasteiger partial charge in [0.05, 0.1) is 16.9 Å². The van der Waals surface area contributed by atoms with Gasteiger partial charge in [0.25, 0.3) is 5.91 Å². The van der Waals surface area contributed by atoms with Crippen LogP contribution in [0.15, 0.2) is 85.2 Å². The van der Waals surface area contributed by atoms with Crippen molar-refractivity contribution in [2.45, 2.75) is 77.3 Å². The van der Waals surface area contributed by atoms with Crippen molar-refractivity contribution in [3.63, 3.8) is 0 Å². The minimum absolute atomic E-state index is 0.0416. The smallest absolute Gasteiger partial charge is 0.324 e. The number of carbonyl (C=O) groups excluding carboxylic acids is 2. The summed E-state index contributed by atoms with van der Waals surface area (Å²) in [6.45, 7) is 8.37. The van der Waals surface area contributed by atoms with E-state index in [0.717, 1.165) is 65.6 Å². The van der Waals surface area contributed by atoms with E-state index in [4.69, 9.17) is 5.10 Å². The molecule has 9 nitrogen and oxygen atoms in total. The third-order valence-electron chi connectivity index (χ3n) is 9.51. The molecule has 0 aliphatic carbocycles. The molecule has 2 aromatic carbocycles. The van der Waals surface area contributed by atoms with Crippen molar-refractivity contribution in [3.05, 3.63) is 108 Å². The molecule has 2 fully saturated rings. The zero-order valence-electron chi connectivity index (χ0n) is 27.4. The van der Waals surface area contributed by atoms with Gasteiger partial charge in [0, 0.05) is 47.0 Å². The Labute approximate surface area is 275 Å². The molecule has 2 unspecified atom stereocenters. The number of aryl methyl sites for hydroxylation is 1. The summed E-state index contributed by atoms with van der Waals surface area (Å²) >= 11 is 0. The maximum Gasteiger partial charge on any atom is 0.324 e. The van der Waals surface area contributed by atoms with Crippen LogP contribution in [0.3, 0.4) is 0 Å². The number of rotatable bonds is 6. The van der Waals surface area contributed by atoms with Crippen LogP contribution in [0.25, 0.3) is 16.6 Å². The van der Waals surface area contributed by atoms with Crippen LogP contribution < -0.4 is 10.6 Å². The molecule has 2 atom stereocenters. The fourth-order valence-electron chi connectivity index (χ4n) is 7.06. The summed E-state index contributed by atoms with van der Waals surface area (Å²) in [5.41, 5.74) is 6.04. The van der Waals surface area contributed by atoms with Crippen LogP contribution in [0.1, 0.15) is 73.8 Å². The van der Waals surface area contributed by atoms with E-state index < -0.39 is 0 Å². The average Bonchev–Trinajstić information content (AvgIpc) is 3.60. The molecule has 0 spiro atoms. The fourth-order valence-corrected chi connectivity index (χ4v) is 7.06. The lowest BCUT2D eigenvalue weighted by Crippen LogP contribution is -2.47. The zero-order valence-corrected chi connectivity index (χ0v) is 27.4. The number of pyridine rings is 2. The maximum absolute atomic E-state index is 13.6. The van der Waals surface area contributed by atoms with Gasteiger partial charge in [-0.1, -0.05) is 50.6 Å². The molecule has 5 heterocycles. The van der Waals surface area contributed by atoms with Crippen molar-refractivity contribution < 1.29 is 9.59 Å². The second kappa shape index (κ2) is 12.3. The monoisotopic (exact) mass is 627 g/mol. The molecule has 2 bridgehead atoms. The highest BCUT2D eigenvalue weighted by Gasteiger charge is 2.43. The lowest BCUT2D eigenvalue weighted by Gasteiger charge is -2.39. The van der Waals surface area contributed by atoms with Crippen LogP contribution in [-0.4, -0.2) is 48.7 Å². The third-order valence-corrected chi connectivity index (χ3v) is 9.51. The van der Waals surface area contributed by atoms with Crippen molar-refractivity contribution in [2.24, 2.45) is 5.92 Å². The van der Waals surface area contributed by atoms with E-state index in [9.17, 15) is 9.59 Å². The lowest BCUT2D eigenvalue weighted by molar-refractivity contribution is 0.0519. The van der Waals surface area contributed by atoms with Gasteiger partial charge in [0.15, 0.2) is 0 Å². The standard InChI is InChI=1S/C38H41N7O2/c1-24-5-12-29(13-6-24)45-35(22-34(43-45)38(2,3)4)42-37(47)40-28-10-7-25(8-11-28)19-26-20-30-14-15-31(21-26)44(30)36(46)33-16-9-27-23-39-18-17-32(27)41-33/h5-13,16-18,22-23,26,30-31H,14-15,19-21H2,1-4H3,(H2,40,42,47). The molecule has 2 saturated heterocycles. The number of amides is 3. The predicted octanol–water partition coefficient (Wildman–Crippen LogP) is 7.69. The van der Waals surface area contributed by atoms with Crippen molar-refractivity contribution in [1.82, 2.24) is 24.6 Å². The first-order valence-corrected chi connectivity index (χ1v) is 16.5.